The van der Waals surface area contributed by atoms with E-state index in [0.717, 1.165) is 33.5 Å². The fourth-order valence-corrected chi connectivity index (χ4v) is 2.82. The van der Waals surface area contributed by atoms with E-state index in [1.165, 1.54) is 5.56 Å². The van der Waals surface area contributed by atoms with E-state index in [0.29, 0.717) is 5.15 Å². The molecule has 5 heteroatoms. The highest BCUT2D eigenvalue weighted by atomic mass is 35.5. The van der Waals surface area contributed by atoms with Gasteiger partial charge in [0.15, 0.2) is 5.76 Å². The van der Waals surface area contributed by atoms with E-state index < -0.39 is 0 Å². The number of fused-ring (bicyclic) bond motifs is 1. The van der Waals surface area contributed by atoms with Gasteiger partial charge in [0.25, 0.3) is 0 Å². The van der Waals surface area contributed by atoms with Crippen LogP contribution in [-0.4, -0.2) is 15.1 Å². The molecule has 0 spiro atoms. The van der Waals surface area contributed by atoms with Crippen molar-refractivity contribution < 1.29 is 4.52 Å². The van der Waals surface area contributed by atoms with Gasteiger partial charge in [-0.1, -0.05) is 41.0 Å². The van der Waals surface area contributed by atoms with Gasteiger partial charge in [-0.15, -0.1) is 0 Å². The van der Waals surface area contributed by atoms with E-state index in [4.69, 9.17) is 16.1 Å². The van der Waals surface area contributed by atoms with Crippen LogP contribution in [0.1, 0.15) is 5.56 Å². The fourth-order valence-electron chi connectivity index (χ4n) is 2.67. The van der Waals surface area contributed by atoms with Crippen LogP contribution < -0.4 is 0 Å². The molecule has 3 aromatic heterocycles. The second-order valence-electron chi connectivity index (χ2n) is 5.12. The number of aryl methyl sites for hydroxylation is 1. The first-order valence-electron chi connectivity index (χ1n) is 6.89. The highest BCUT2D eigenvalue weighted by Crippen LogP contribution is 2.37. The smallest absolute Gasteiger partial charge is 0.176 e. The fraction of sp³-hybridized carbons (Fsp3) is 0.0588. The minimum absolute atomic E-state index is 0.456. The Balaban J connectivity index is 1.94. The summed E-state index contributed by atoms with van der Waals surface area (Å²) in [4.78, 5) is 7.40. The molecule has 1 N–H and O–H groups in total. The van der Waals surface area contributed by atoms with Crippen molar-refractivity contribution in [2.75, 3.05) is 0 Å². The first kappa shape index (κ1) is 13.1. The standard InChI is InChI=1S/C17H12ClN3O/c1-10-4-2-3-5-11(10)14-9-20-22-16(14)13-8-19-17-12(13)6-7-15(18)21-17/h2-9H,1H3,(H,19,21). The van der Waals surface area contributed by atoms with E-state index >= 15 is 0 Å². The van der Waals surface area contributed by atoms with Crippen LogP contribution in [-0.2, 0) is 0 Å². The number of pyridine rings is 1. The molecule has 22 heavy (non-hydrogen) atoms. The molecule has 0 fully saturated rings. The molecule has 0 radical (unpaired) electrons. The number of halogens is 1. The van der Waals surface area contributed by atoms with Crippen molar-refractivity contribution in [2.45, 2.75) is 6.92 Å². The van der Waals surface area contributed by atoms with Gasteiger partial charge >= 0.3 is 0 Å². The van der Waals surface area contributed by atoms with Gasteiger partial charge in [0.1, 0.15) is 10.8 Å². The largest absolute Gasteiger partial charge is 0.356 e. The number of aromatic nitrogens is 3. The Morgan fingerprint density at radius 2 is 1.91 bits per heavy atom. The van der Waals surface area contributed by atoms with Gasteiger partial charge in [-0.05, 0) is 30.2 Å². The Morgan fingerprint density at radius 1 is 1.05 bits per heavy atom. The number of hydrogen-bond acceptors (Lipinski definition) is 3. The summed E-state index contributed by atoms with van der Waals surface area (Å²) in [6.07, 6.45) is 3.62. The third kappa shape index (κ3) is 2.00. The van der Waals surface area contributed by atoms with Crippen LogP contribution in [0.5, 0.6) is 0 Å². The predicted molar refractivity (Wildman–Crippen MR) is 86.8 cm³/mol. The number of nitrogens with one attached hydrogen (secondary N) is 1. The number of nitrogens with zero attached hydrogens (tertiary/aromatic N) is 2. The van der Waals surface area contributed by atoms with Gasteiger partial charge < -0.3 is 9.51 Å². The van der Waals surface area contributed by atoms with Crippen molar-refractivity contribution in [1.82, 2.24) is 15.1 Å². The molecule has 0 aliphatic rings. The van der Waals surface area contributed by atoms with Crippen LogP contribution in [0.15, 0.2) is 53.3 Å². The lowest BCUT2D eigenvalue weighted by atomic mass is 9.99. The molecule has 0 aliphatic heterocycles. The second kappa shape index (κ2) is 5.00. The van der Waals surface area contributed by atoms with Gasteiger partial charge in [0, 0.05) is 22.7 Å². The Kier molecular flexibility index (Phi) is 2.98. The average molecular weight is 310 g/mol. The van der Waals surface area contributed by atoms with Crippen LogP contribution >= 0.6 is 11.6 Å². The van der Waals surface area contributed by atoms with Crippen molar-refractivity contribution in [3.05, 3.63) is 59.5 Å². The lowest BCUT2D eigenvalue weighted by Gasteiger charge is -2.04. The van der Waals surface area contributed by atoms with Crippen LogP contribution in [0.3, 0.4) is 0 Å². The zero-order chi connectivity index (χ0) is 15.1. The number of aromatic amines is 1. The summed E-state index contributed by atoms with van der Waals surface area (Å²) in [5, 5.41) is 5.40. The number of rotatable bonds is 2. The molecule has 0 atom stereocenters. The summed E-state index contributed by atoms with van der Waals surface area (Å²) >= 11 is 5.93. The van der Waals surface area contributed by atoms with Crippen LogP contribution in [0.4, 0.5) is 0 Å². The molecule has 1 aromatic carbocycles. The normalized spacial score (nSPS) is 11.2. The van der Waals surface area contributed by atoms with Gasteiger partial charge in [0.05, 0.1) is 6.20 Å². The molecule has 0 aliphatic carbocycles. The minimum Gasteiger partial charge on any atom is -0.356 e. The van der Waals surface area contributed by atoms with E-state index in [-0.39, 0.29) is 0 Å². The maximum atomic E-state index is 5.93. The molecule has 4 nitrogen and oxygen atoms in total. The van der Waals surface area contributed by atoms with Crippen molar-refractivity contribution >= 4 is 22.6 Å². The topological polar surface area (TPSA) is 54.7 Å². The monoisotopic (exact) mass is 309 g/mol. The third-order valence-corrected chi connectivity index (χ3v) is 3.97. The van der Waals surface area contributed by atoms with Gasteiger partial charge in [-0.25, -0.2) is 4.98 Å². The second-order valence-corrected chi connectivity index (χ2v) is 5.50. The Morgan fingerprint density at radius 3 is 2.77 bits per heavy atom. The number of benzene rings is 1. The summed E-state index contributed by atoms with van der Waals surface area (Å²) in [6, 6.07) is 11.9. The Labute approximate surface area is 131 Å². The Hall–Kier alpha value is -2.59. The molecule has 0 unspecified atom stereocenters. The van der Waals surface area contributed by atoms with Crippen molar-refractivity contribution in [2.24, 2.45) is 0 Å². The molecule has 4 rings (SSSR count). The molecular formula is C17H12ClN3O. The van der Waals surface area contributed by atoms with Crippen LogP contribution in [0.2, 0.25) is 5.15 Å². The molecule has 108 valence electrons. The van der Waals surface area contributed by atoms with Gasteiger partial charge in [-0.2, -0.15) is 0 Å². The minimum atomic E-state index is 0.456. The number of hydrogen-bond donors (Lipinski definition) is 1. The van der Waals surface area contributed by atoms with Crippen molar-refractivity contribution in [1.29, 1.82) is 0 Å². The average Bonchev–Trinajstić information content (AvgIpc) is 3.13. The van der Waals surface area contributed by atoms with Crippen LogP contribution in [0.25, 0.3) is 33.5 Å². The molecule has 3 heterocycles. The molecule has 0 bridgehead atoms. The van der Waals surface area contributed by atoms with E-state index in [1.54, 1.807) is 12.3 Å². The summed E-state index contributed by atoms with van der Waals surface area (Å²) in [5.41, 5.74) is 4.90. The maximum Gasteiger partial charge on any atom is 0.176 e. The first-order valence-corrected chi connectivity index (χ1v) is 7.26. The molecule has 0 amide bonds. The van der Waals surface area contributed by atoms with Gasteiger partial charge in [-0.3, -0.25) is 0 Å². The molecule has 0 saturated heterocycles. The zero-order valence-electron chi connectivity index (χ0n) is 11.8. The maximum absolute atomic E-state index is 5.93. The van der Waals surface area contributed by atoms with Crippen molar-refractivity contribution in [3.8, 4) is 22.5 Å². The highest BCUT2D eigenvalue weighted by Gasteiger charge is 2.18. The van der Waals surface area contributed by atoms with E-state index in [2.05, 4.69) is 34.2 Å². The highest BCUT2D eigenvalue weighted by molar-refractivity contribution is 6.29. The number of H-pyrrole nitrogens is 1. The SMILES string of the molecule is Cc1ccccc1-c1cnoc1-c1c[nH]c2nc(Cl)ccc12. The van der Waals surface area contributed by atoms with E-state index in [9.17, 15) is 0 Å². The van der Waals surface area contributed by atoms with Crippen molar-refractivity contribution in [3.63, 3.8) is 0 Å². The third-order valence-electron chi connectivity index (χ3n) is 3.75. The van der Waals surface area contributed by atoms with Crippen LogP contribution in [0, 0.1) is 6.92 Å². The lowest BCUT2D eigenvalue weighted by molar-refractivity contribution is 0.433. The quantitative estimate of drug-likeness (QED) is 0.539. The molecule has 0 saturated carbocycles. The summed E-state index contributed by atoms with van der Waals surface area (Å²) in [7, 11) is 0. The van der Waals surface area contributed by atoms with Gasteiger partial charge in [0.2, 0.25) is 0 Å². The summed E-state index contributed by atoms with van der Waals surface area (Å²) < 4.78 is 5.53. The van der Waals surface area contributed by atoms with E-state index in [1.807, 2.05) is 24.4 Å². The molecular weight excluding hydrogens is 298 g/mol. The lowest BCUT2D eigenvalue weighted by Crippen LogP contribution is -1.83. The summed E-state index contributed by atoms with van der Waals surface area (Å²) in [6.45, 7) is 2.07. The molecule has 4 aromatic rings. The Bertz CT molecular complexity index is 971. The predicted octanol–water partition coefficient (Wildman–Crippen LogP) is 4.85. The first-order chi connectivity index (χ1) is 10.7. The summed E-state index contributed by atoms with van der Waals surface area (Å²) in [5.74, 6) is 0.727. The zero-order valence-corrected chi connectivity index (χ0v) is 12.6.